The first-order chi connectivity index (χ1) is 8.08. The Bertz CT molecular complexity index is 562. The number of benzene rings is 1. The molecule has 0 spiro atoms. The summed E-state index contributed by atoms with van der Waals surface area (Å²) in [5.74, 6) is 0.959. The summed E-state index contributed by atoms with van der Waals surface area (Å²) in [7, 11) is 0. The average Bonchev–Trinajstić information content (AvgIpc) is 2.30. The lowest BCUT2D eigenvalue weighted by Gasteiger charge is -2.10. The summed E-state index contributed by atoms with van der Waals surface area (Å²) in [5.41, 5.74) is 6.47. The van der Waals surface area contributed by atoms with Crippen molar-refractivity contribution in [1.29, 1.82) is 0 Å². The lowest BCUT2D eigenvalue weighted by molar-refractivity contribution is 1.16. The van der Waals surface area contributed by atoms with E-state index in [-0.39, 0.29) is 0 Å². The van der Waals surface area contributed by atoms with Gasteiger partial charge in [0.25, 0.3) is 0 Å². The smallest absolute Gasteiger partial charge is 0.150 e. The molecule has 1 heterocycles. The van der Waals surface area contributed by atoms with Gasteiger partial charge in [0.2, 0.25) is 0 Å². The summed E-state index contributed by atoms with van der Waals surface area (Å²) in [5, 5.41) is 3.75. The van der Waals surface area contributed by atoms with Crippen LogP contribution in [0.15, 0.2) is 33.5 Å². The van der Waals surface area contributed by atoms with Crippen molar-refractivity contribution >= 4 is 60.8 Å². The monoisotopic (exact) mass is 376 g/mol. The molecule has 0 aliphatic rings. The Balaban J connectivity index is 2.38. The Morgan fingerprint density at radius 2 is 2.00 bits per heavy atom. The molecule has 0 unspecified atom stereocenters. The molecule has 0 aliphatic carbocycles. The molecule has 17 heavy (non-hydrogen) atoms. The number of nitrogens with two attached hydrogens (primary N) is 1. The van der Waals surface area contributed by atoms with Crippen LogP contribution in [-0.2, 0) is 0 Å². The number of anilines is 3. The van der Waals surface area contributed by atoms with E-state index in [1.165, 1.54) is 6.33 Å². The molecule has 0 radical (unpaired) electrons. The van der Waals surface area contributed by atoms with Crippen molar-refractivity contribution in [2.24, 2.45) is 0 Å². The standard InChI is InChI=1S/C10H7Br2ClN4/c11-6-2-1-5(13)3-7(6)17-10-8(12)9(14)15-4-16-10/h1-4H,(H3,14,15,16,17). The van der Waals surface area contributed by atoms with Crippen LogP contribution in [0.4, 0.5) is 17.3 Å². The molecule has 0 amide bonds. The number of nitrogens with one attached hydrogen (secondary N) is 1. The summed E-state index contributed by atoms with van der Waals surface area (Å²) < 4.78 is 1.50. The number of hydrogen-bond donors (Lipinski definition) is 2. The predicted octanol–water partition coefficient (Wildman–Crippen LogP) is 3.98. The maximum atomic E-state index is 5.92. The van der Waals surface area contributed by atoms with E-state index in [2.05, 4.69) is 47.1 Å². The Morgan fingerprint density at radius 3 is 2.76 bits per heavy atom. The molecule has 0 aliphatic heterocycles. The largest absolute Gasteiger partial charge is 0.383 e. The topological polar surface area (TPSA) is 63.8 Å². The van der Waals surface area contributed by atoms with Crippen LogP contribution in [0.2, 0.25) is 5.02 Å². The minimum atomic E-state index is 0.376. The van der Waals surface area contributed by atoms with Gasteiger partial charge in [-0.2, -0.15) is 0 Å². The van der Waals surface area contributed by atoms with Gasteiger partial charge in [0.15, 0.2) is 0 Å². The number of rotatable bonds is 2. The SMILES string of the molecule is Nc1ncnc(Nc2cc(Cl)ccc2Br)c1Br. The van der Waals surface area contributed by atoms with Crippen molar-refractivity contribution in [2.75, 3.05) is 11.1 Å². The molecule has 3 N–H and O–H groups in total. The predicted molar refractivity (Wildman–Crippen MR) is 76.6 cm³/mol. The Kier molecular flexibility index (Phi) is 3.86. The lowest BCUT2D eigenvalue weighted by Crippen LogP contribution is -2.00. The van der Waals surface area contributed by atoms with Crippen molar-refractivity contribution in [3.8, 4) is 0 Å². The number of nitrogen functional groups attached to an aromatic ring is 1. The van der Waals surface area contributed by atoms with Gasteiger partial charge in [-0.3, -0.25) is 0 Å². The second-order valence-electron chi connectivity index (χ2n) is 3.17. The molecule has 0 saturated heterocycles. The van der Waals surface area contributed by atoms with Crippen LogP contribution in [0, 0.1) is 0 Å². The van der Waals surface area contributed by atoms with E-state index >= 15 is 0 Å². The van der Waals surface area contributed by atoms with E-state index in [0.717, 1.165) is 10.2 Å². The Hall–Kier alpha value is -0.850. The minimum Gasteiger partial charge on any atom is -0.383 e. The van der Waals surface area contributed by atoms with Crippen LogP contribution in [0.3, 0.4) is 0 Å². The fraction of sp³-hybridized carbons (Fsp3) is 0. The average molecular weight is 378 g/mol. The van der Waals surface area contributed by atoms with Crippen LogP contribution in [-0.4, -0.2) is 9.97 Å². The third-order valence-corrected chi connectivity index (χ3v) is 3.71. The second kappa shape index (κ2) is 5.20. The zero-order valence-electron chi connectivity index (χ0n) is 8.42. The molecular formula is C10H7Br2ClN4. The van der Waals surface area contributed by atoms with E-state index in [9.17, 15) is 0 Å². The highest BCUT2D eigenvalue weighted by atomic mass is 79.9. The number of aromatic nitrogens is 2. The quantitative estimate of drug-likeness (QED) is 0.830. The van der Waals surface area contributed by atoms with Crippen molar-refractivity contribution in [3.63, 3.8) is 0 Å². The molecule has 88 valence electrons. The van der Waals surface area contributed by atoms with Gasteiger partial charge < -0.3 is 11.1 Å². The number of halogens is 3. The molecule has 7 heteroatoms. The van der Waals surface area contributed by atoms with Gasteiger partial charge in [-0.25, -0.2) is 9.97 Å². The van der Waals surface area contributed by atoms with Crippen LogP contribution in [0.1, 0.15) is 0 Å². The van der Waals surface area contributed by atoms with Gasteiger partial charge in [-0.1, -0.05) is 11.6 Å². The molecule has 0 atom stereocenters. The van der Waals surface area contributed by atoms with Crippen molar-refractivity contribution < 1.29 is 0 Å². The molecule has 0 bridgehead atoms. The first-order valence-electron chi connectivity index (χ1n) is 4.56. The van der Waals surface area contributed by atoms with Gasteiger partial charge in [0.1, 0.15) is 22.4 Å². The van der Waals surface area contributed by atoms with Crippen LogP contribution in [0.25, 0.3) is 0 Å². The maximum Gasteiger partial charge on any atom is 0.150 e. The summed E-state index contributed by atoms with van der Waals surface area (Å²) in [6, 6.07) is 5.43. The molecule has 1 aromatic carbocycles. The summed E-state index contributed by atoms with van der Waals surface area (Å²) >= 11 is 12.7. The van der Waals surface area contributed by atoms with Gasteiger partial charge in [-0.05, 0) is 50.1 Å². The van der Waals surface area contributed by atoms with E-state index in [1.54, 1.807) is 12.1 Å². The highest BCUT2D eigenvalue weighted by Gasteiger charge is 2.08. The fourth-order valence-electron chi connectivity index (χ4n) is 1.19. The number of hydrogen-bond acceptors (Lipinski definition) is 4. The normalized spacial score (nSPS) is 10.3. The lowest BCUT2D eigenvalue weighted by atomic mass is 10.3. The first-order valence-corrected chi connectivity index (χ1v) is 6.52. The Morgan fingerprint density at radius 1 is 1.24 bits per heavy atom. The van der Waals surface area contributed by atoms with E-state index in [1.807, 2.05) is 6.07 Å². The van der Waals surface area contributed by atoms with E-state index < -0.39 is 0 Å². The van der Waals surface area contributed by atoms with Crippen molar-refractivity contribution in [2.45, 2.75) is 0 Å². The van der Waals surface area contributed by atoms with Crippen LogP contribution in [0.5, 0.6) is 0 Å². The molecule has 0 saturated carbocycles. The molecule has 2 rings (SSSR count). The summed E-state index contributed by atoms with van der Waals surface area (Å²) in [6.07, 6.45) is 1.39. The zero-order chi connectivity index (χ0) is 12.4. The molecule has 1 aromatic heterocycles. The van der Waals surface area contributed by atoms with Gasteiger partial charge >= 0.3 is 0 Å². The first kappa shape index (κ1) is 12.6. The van der Waals surface area contributed by atoms with Gasteiger partial charge in [0.05, 0.1) is 5.69 Å². The van der Waals surface area contributed by atoms with Crippen LogP contribution >= 0.6 is 43.5 Å². The third-order valence-electron chi connectivity index (χ3n) is 2.00. The van der Waals surface area contributed by atoms with Crippen molar-refractivity contribution in [3.05, 3.63) is 38.5 Å². The Labute approximate surface area is 120 Å². The summed E-state index contributed by atoms with van der Waals surface area (Å²) in [6.45, 7) is 0. The highest BCUT2D eigenvalue weighted by molar-refractivity contribution is 9.11. The van der Waals surface area contributed by atoms with Gasteiger partial charge in [-0.15, -0.1) is 0 Å². The molecule has 4 nitrogen and oxygen atoms in total. The third kappa shape index (κ3) is 2.88. The molecule has 0 fully saturated rings. The second-order valence-corrected chi connectivity index (χ2v) is 5.25. The van der Waals surface area contributed by atoms with Crippen LogP contribution < -0.4 is 11.1 Å². The van der Waals surface area contributed by atoms with Crippen molar-refractivity contribution in [1.82, 2.24) is 9.97 Å². The van der Waals surface area contributed by atoms with Gasteiger partial charge in [0, 0.05) is 9.50 Å². The minimum absolute atomic E-state index is 0.376. The van der Waals surface area contributed by atoms with E-state index in [4.69, 9.17) is 17.3 Å². The van der Waals surface area contributed by atoms with E-state index in [0.29, 0.717) is 21.1 Å². The zero-order valence-corrected chi connectivity index (χ0v) is 12.3. The number of nitrogens with zero attached hydrogens (tertiary/aromatic N) is 2. The molecule has 2 aromatic rings. The highest BCUT2D eigenvalue weighted by Crippen LogP contribution is 2.32. The molecular weight excluding hydrogens is 371 g/mol. The fourth-order valence-corrected chi connectivity index (χ4v) is 2.01. The summed E-state index contributed by atoms with van der Waals surface area (Å²) in [4.78, 5) is 7.96. The maximum absolute atomic E-state index is 5.92.